The van der Waals surface area contributed by atoms with Crippen molar-refractivity contribution in [2.24, 2.45) is 11.8 Å². The Labute approximate surface area is 114 Å². The normalized spacial score (nSPS) is 24.6. The van der Waals surface area contributed by atoms with Gasteiger partial charge >= 0.3 is 0 Å². The molecule has 1 fully saturated rings. The monoisotopic (exact) mass is 262 g/mol. The van der Waals surface area contributed by atoms with Gasteiger partial charge in [0, 0.05) is 24.8 Å². The molecule has 2 atom stereocenters. The molecule has 1 aliphatic heterocycles. The van der Waals surface area contributed by atoms with Gasteiger partial charge in [-0.05, 0) is 36.9 Å². The maximum Gasteiger partial charge on any atom is 0.163 e. The summed E-state index contributed by atoms with van der Waals surface area (Å²) in [6.45, 7) is 5.55. The Morgan fingerprint density at radius 2 is 1.89 bits per heavy atom. The van der Waals surface area contributed by atoms with Crippen molar-refractivity contribution in [3.8, 4) is 11.5 Å². The minimum atomic E-state index is 0.602. The molecule has 0 radical (unpaired) electrons. The summed E-state index contributed by atoms with van der Waals surface area (Å²) >= 11 is 0. The quantitative estimate of drug-likeness (QED) is 0.844. The van der Waals surface area contributed by atoms with Crippen molar-refractivity contribution in [2.75, 3.05) is 32.5 Å². The van der Waals surface area contributed by atoms with Gasteiger partial charge in [0.15, 0.2) is 11.5 Å². The fraction of sp³-hybridized carbons (Fsp3) is 0.600. The van der Waals surface area contributed by atoms with E-state index in [2.05, 4.69) is 18.9 Å². The number of nitrogen functional groups attached to an aromatic ring is 1. The molecule has 1 aliphatic carbocycles. The Morgan fingerprint density at radius 3 is 2.53 bits per heavy atom. The first-order chi connectivity index (χ1) is 9.13. The Kier molecular flexibility index (Phi) is 3.27. The maximum absolute atomic E-state index is 6.10. The molecule has 2 N–H and O–H groups in total. The Bertz CT molecular complexity index is 475. The lowest BCUT2D eigenvalue weighted by molar-refractivity contribution is 0.171. The molecule has 4 nitrogen and oxygen atoms in total. The van der Waals surface area contributed by atoms with Crippen molar-refractivity contribution < 1.29 is 9.47 Å². The molecule has 0 saturated heterocycles. The average molecular weight is 262 g/mol. The number of hydrogen-bond acceptors (Lipinski definition) is 4. The van der Waals surface area contributed by atoms with Gasteiger partial charge in [-0.3, -0.25) is 0 Å². The highest BCUT2D eigenvalue weighted by Gasteiger charge is 2.33. The van der Waals surface area contributed by atoms with Crippen LogP contribution in [-0.4, -0.2) is 31.7 Å². The van der Waals surface area contributed by atoms with Crippen LogP contribution in [-0.2, 0) is 6.54 Å². The van der Waals surface area contributed by atoms with Crippen LogP contribution in [0, 0.1) is 11.8 Å². The van der Waals surface area contributed by atoms with Crippen LogP contribution in [0.1, 0.15) is 18.9 Å². The van der Waals surface area contributed by atoms with E-state index in [4.69, 9.17) is 15.2 Å². The van der Waals surface area contributed by atoms with Crippen LogP contribution in [0.4, 0.5) is 5.69 Å². The second-order valence-corrected chi connectivity index (χ2v) is 5.86. The van der Waals surface area contributed by atoms with Crippen molar-refractivity contribution in [2.45, 2.75) is 19.9 Å². The van der Waals surface area contributed by atoms with E-state index in [1.165, 1.54) is 6.42 Å². The van der Waals surface area contributed by atoms with Crippen LogP contribution >= 0.6 is 0 Å². The largest absolute Gasteiger partial charge is 0.486 e. The molecule has 19 heavy (non-hydrogen) atoms. The molecule has 1 aromatic rings. The predicted molar refractivity (Wildman–Crippen MR) is 75.4 cm³/mol. The molecule has 0 amide bonds. The Hall–Kier alpha value is -1.42. The van der Waals surface area contributed by atoms with E-state index in [0.717, 1.165) is 47.7 Å². The van der Waals surface area contributed by atoms with Crippen LogP contribution in [0.3, 0.4) is 0 Å². The standard InChI is InChI=1S/C15H22N2O2/c1-10-5-11(10)8-17(2)9-12-6-14-15(7-13(12)16)19-4-3-18-14/h6-7,10-11H,3-5,8-9,16H2,1-2H3. The van der Waals surface area contributed by atoms with Gasteiger partial charge < -0.3 is 20.1 Å². The third-order valence-electron chi connectivity index (χ3n) is 4.07. The van der Waals surface area contributed by atoms with Crippen LogP contribution < -0.4 is 15.2 Å². The molecule has 4 heteroatoms. The summed E-state index contributed by atoms with van der Waals surface area (Å²) in [7, 11) is 2.15. The molecular formula is C15H22N2O2. The molecule has 2 aliphatic rings. The highest BCUT2D eigenvalue weighted by Crippen LogP contribution is 2.39. The van der Waals surface area contributed by atoms with Gasteiger partial charge in [-0.25, -0.2) is 0 Å². The number of hydrogen-bond donors (Lipinski definition) is 1. The van der Waals surface area contributed by atoms with Gasteiger partial charge in [0.1, 0.15) is 13.2 Å². The van der Waals surface area contributed by atoms with Crippen molar-refractivity contribution in [3.63, 3.8) is 0 Å². The molecular weight excluding hydrogens is 240 g/mol. The van der Waals surface area contributed by atoms with Gasteiger partial charge in [0.2, 0.25) is 0 Å². The van der Waals surface area contributed by atoms with Gasteiger partial charge in [0.25, 0.3) is 0 Å². The maximum atomic E-state index is 6.10. The second-order valence-electron chi connectivity index (χ2n) is 5.86. The number of ether oxygens (including phenoxy) is 2. The fourth-order valence-electron chi connectivity index (χ4n) is 2.69. The molecule has 0 bridgehead atoms. The lowest BCUT2D eigenvalue weighted by atomic mass is 10.1. The summed E-state index contributed by atoms with van der Waals surface area (Å²) < 4.78 is 11.1. The van der Waals surface area contributed by atoms with E-state index in [0.29, 0.717) is 13.2 Å². The summed E-state index contributed by atoms with van der Waals surface area (Å²) in [6.07, 6.45) is 1.36. The number of anilines is 1. The lowest BCUT2D eigenvalue weighted by Crippen LogP contribution is -2.22. The molecule has 0 aromatic heterocycles. The van der Waals surface area contributed by atoms with E-state index < -0.39 is 0 Å². The molecule has 3 rings (SSSR count). The second kappa shape index (κ2) is 4.93. The van der Waals surface area contributed by atoms with Crippen molar-refractivity contribution in [3.05, 3.63) is 17.7 Å². The SMILES string of the molecule is CC1CC1CN(C)Cc1cc2c(cc1N)OCCO2. The molecule has 104 valence electrons. The lowest BCUT2D eigenvalue weighted by Gasteiger charge is -2.22. The molecule has 1 heterocycles. The van der Waals surface area contributed by atoms with Gasteiger partial charge in [-0.15, -0.1) is 0 Å². The summed E-state index contributed by atoms with van der Waals surface area (Å²) in [5, 5.41) is 0. The highest BCUT2D eigenvalue weighted by atomic mass is 16.6. The summed E-state index contributed by atoms with van der Waals surface area (Å²) in [5.74, 6) is 3.35. The topological polar surface area (TPSA) is 47.7 Å². The van der Waals surface area contributed by atoms with E-state index in [-0.39, 0.29) is 0 Å². The smallest absolute Gasteiger partial charge is 0.163 e. The van der Waals surface area contributed by atoms with Crippen LogP contribution in [0.2, 0.25) is 0 Å². The van der Waals surface area contributed by atoms with E-state index in [1.54, 1.807) is 0 Å². The first-order valence-corrected chi connectivity index (χ1v) is 7.00. The zero-order chi connectivity index (χ0) is 13.4. The Morgan fingerprint density at radius 1 is 1.26 bits per heavy atom. The van der Waals surface area contributed by atoms with E-state index >= 15 is 0 Å². The molecule has 2 unspecified atom stereocenters. The van der Waals surface area contributed by atoms with Gasteiger partial charge in [-0.2, -0.15) is 0 Å². The minimum absolute atomic E-state index is 0.602. The summed E-state index contributed by atoms with van der Waals surface area (Å²) in [5.41, 5.74) is 8.02. The van der Waals surface area contributed by atoms with Crippen molar-refractivity contribution >= 4 is 5.69 Å². The Balaban J connectivity index is 1.69. The van der Waals surface area contributed by atoms with Crippen molar-refractivity contribution in [1.82, 2.24) is 4.90 Å². The first-order valence-electron chi connectivity index (χ1n) is 7.00. The molecule has 1 saturated carbocycles. The zero-order valence-electron chi connectivity index (χ0n) is 11.7. The first kappa shape index (κ1) is 12.6. The number of nitrogens with two attached hydrogens (primary N) is 1. The minimum Gasteiger partial charge on any atom is -0.486 e. The molecule has 1 aromatic carbocycles. The third-order valence-corrected chi connectivity index (χ3v) is 4.07. The van der Waals surface area contributed by atoms with Crippen LogP contribution in [0.5, 0.6) is 11.5 Å². The highest BCUT2D eigenvalue weighted by molar-refractivity contribution is 5.58. The van der Waals surface area contributed by atoms with Crippen molar-refractivity contribution in [1.29, 1.82) is 0 Å². The average Bonchev–Trinajstić information content (AvgIpc) is 3.05. The number of nitrogens with zero attached hydrogens (tertiary/aromatic N) is 1. The van der Waals surface area contributed by atoms with E-state index in [1.807, 2.05) is 12.1 Å². The van der Waals surface area contributed by atoms with Gasteiger partial charge in [0.05, 0.1) is 0 Å². The number of benzene rings is 1. The van der Waals surface area contributed by atoms with E-state index in [9.17, 15) is 0 Å². The summed E-state index contributed by atoms with van der Waals surface area (Å²) in [4.78, 5) is 2.34. The van der Waals surface area contributed by atoms with Gasteiger partial charge in [-0.1, -0.05) is 6.92 Å². The molecule has 0 spiro atoms. The summed E-state index contributed by atoms with van der Waals surface area (Å²) in [6, 6.07) is 3.91. The predicted octanol–water partition coefficient (Wildman–Crippen LogP) is 2.13. The number of fused-ring (bicyclic) bond motifs is 1. The van der Waals surface area contributed by atoms with Crippen LogP contribution in [0.25, 0.3) is 0 Å². The number of rotatable bonds is 4. The third kappa shape index (κ3) is 2.78. The van der Waals surface area contributed by atoms with Crippen LogP contribution in [0.15, 0.2) is 12.1 Å². The fourth-order valence-corrected chi connectivity index (χ4v) is 2.69. The zero-order valence-corrected chi connectivity index (χ0v) is 11.7.